The third-order valence-corrected chi connectivity index (χ3v) is 4.18. The van der Waals surface area contributed by atoms with E-state index in [1.807, 2.05) is 89.8 Å². The molecule has 0 aliphatic heterocycles. The van der Waals surface area contributed by atoms with Gasteiger partial charge < -0.3 is 4.57 Å². The monoisotopic (exact) mass is 339 g/mol. The highest BCUT2D eigenvalue weighted by Crippen LogP contribution is 2.18. The molecule has 0 atom stereocenters. The van der Waals surface area contributed by atoms with E-state index in [2.05, 4.69) is 10.5 Å². The first kappa shape index (κ1) is 15.8. The van der Waals surface area contributed by atoms with Crippen LogP contribution in [0.5, 0.6) is 0 Å². The van der Waals surface area contributed by atoms with Crippen molar-refractivity contribution in [3.05, 3.63) is 102 Å². The second-order valence-corrected chi connectivity index (χ2v) is 5.91. The normalized spacial score (nSPS) is 11.1. The van der Waals surface area contributed by atoms with Gasteiger partial charge in [0.05, 0.1) is 6.21 Å². The zero-order valence-corrected chi connectivity index (χ0v) is 14.0. The molecule has 3 aromatic carbocycles. The number of fused-ring (bicyclic) bond motifs is 1. The van der Waals surface area contributed by atoms with E-state index in [9.17, 15) is 4.79 Å². The zero-order valence-electron chi connectivity index (χ0n) is 14.0. The number of para-hydroxylation sites is 1. The SMILES string of the molecule is O=C(N/N=C\c1ccn(-c2ccccc2)c1)c1cccc2ccccc12. The molecular formula is C22H17N3O. The van der Waals surface area contributed by atoms with E-state index in [1.54, 1.807) is 12.3 Å². The van der Waals surface area contributed by atoms with Gasteiger partial charge in [0, 0.05) is 29.2 Å². The number of benzene rings is 3. The van der Waals surface area contributed by atoms with E-state index in [0.29, 0.717) is 5.56 Å². The Morgan fingerprint density at radius 3 is 2.54 bits per heavy atom. The highest BCUT2D eigenvalue weighted by atomic mass is 16.2. The van der Waals surface area contributed by atoms with Gasteiger partial charge in [0.25, 0.3) is 5.91 Å². The topological polar surface area (TPSA) is 46.4 Å². The number of carbonyl (C=O) groups excluding carboxylic acids is 1. The molecule has 0 aliphatic carbocycles. The number of aromatic nitrogens is 1. The molecule has 126 valence electrons. The first-order chi connectivity index (χ1) is 12.8. The summed E-state index contributed by atoms with van der Waals surface area (Å²) in [7, 11) is 0. The lowest BCUT2D eigenvalue weighted by Gasteiger charge is -2.04. The van der Waals surface area contributed by atoms with Crippen LogP contribution in [0.15, 0.2) is 96.4 Å². The van der Waals surface area contributed by atoms with Crippen molar-refractivity contribution in [2.45, 2.75) is 0 Å². The summed E-state index contributed by atoms with van der Waals surface area (Å²) in [5.74, 6) is -0.222. The van der Waals surface area contributed by atoms with Crippen molar-refractivity contribution in [2.75, 3.05) is 0 Å². The summed E-state index contributed by atoms with van der Waals surface area (Å²) in [5, 5.41) is 6.04. The summed E-state index contributed by atoms with van der Waals surface area (Å²) >= 11 is 0. The number of nitrogens with one attached hydrogen (secondary N) is 1. The molecule has 0 bridgehead atoms. The van der Waals surface area contributed by atoms with Gasteiger partial charge in [0.2, 0.25) is 0 Å². The van der Waals surface area contributed by atoms with E-state index in [-0.39, 0.29) is 5.91 Å². The number of hydrogen-bond acceptors (Lipinski definition) is 2. The van der Waals surface area contributed by atoms with Crippen molar-refractivity contribution < 1.29 is 4.79 Å². The van der Waals surface area contributed by atoms with Crippen LogP contribution in [0.4, 0.5) is 0 Å². The van der Waals surface area contributed by atoms with Crippen LogP contribution in [0.2, 0.25) is 0 Å². The molecule has 4 heteroatoms. The van der Waals surface area contributed by atoms with Crippen molar-refractivity contribution in [1.29, 1.82) is 0 Å². The second kappa shape index (κ2) is 7.07. The molecule has 4 rings (SSSR count). The number of amides is 1. The average molecular weight is 339 g/mol. The zero-order chi connectivity index (χ0) is 17.8. The number of carbonyl (C=O) groups is 1. The Hall–Kier alpha value is -3.66. The number of hydrazone groups is 1. The molecule has 1 aromatic heterocycles. The molecule has 0 saturated carbocycles. The van der Waals surface area contributed by atoms with Crippen LogP contribution in [-0.4, -0.2) is 16.7 Å². The Morgan fingerprint density at radius 2 is 1.65 bits per heavy atom. The fraction of sp³-hybridized carbons (Fsp3) is 0. The van der Waals surface area contributed by atoms with Gasteiger partial charge in [0.1, 0.15) is 0 Å². The molecule has 1 amide bonds. The highest BCUT2D eigenvalue weighted by Gasteiger charge is 2.08. The molecule has 0 fully saturated rings. The maximum atomic E-state index is 12.4. The summed E-state index contributed by atoms with van der Waals surface area (Å²) in [6.45, 7) is 0. The number of rotatable bonds is 4. The molecule has 1 N–H and O–H groups in total. The van der Waals surface area contributed by atoms with Gasteiger partial charge in [-0.25, -0.2) is 5.43 Å². The molecule has 0 saturated heterocycles. The third kappa shape index (κ3) is 3.26. The van der Waals surface area contributed by atoms with E-state index < -0.39 is 0 Å². The van der Waals surface area contributed by atoms with Crippen LogP contribution in [0.3, 0.4) is 0 Å². The van der Waals surface area contributed by atoms with Gasteiger partial charge in [-0.15, -0.1) is 0 Å². The van der Waals surface area contributed by atoms with Crippen LogP contribution < -0.4 is 5.43 Å². The number of hydrogen-bond donors (Lipinski definition) is 1. The van der Waals surface area contributed by atoms with Gasteiger partial charge in [-0.3, -0.25) is 4.79 Å². The quantitative estimate of drug-likeness (QED) is 0.435. The molecule has 0 radical (unpaired) electrons. The third-order valence-electron chi connectivity index (χ3n) is 4.18. The van der Waals surface area contributed by atoms with Crippen LogP contribution in [-0.2, 0) is 0 Å². The van der Waals surface area contributed by atoms with Crippen molar-refractivity contribution in [3.8, 4) is 5.69 Å². The maximum Gasteiger partial charge on any atom is 0.271 e. The van der Waals surface area contributed by atoms with Gasteiger partial charge in [-0.2, -0.15) is 5.10 Å². The predicted octanol–water partition coefficient (Wildman–Crippen LogP) is 4.39. The van der Waals surface area contributed by atoms with Gasteiger partial charge in [0.15, 0.2) is 0 Å². The Morgan fingerprint density at radius 1 is 0.885 bits per heavy atom. The Kier molecular flexibility index (Phi) is 4.31. The molecule has 0 aliphatic rings. The van der Waals surface area contributed by atoms with Gasteiger partial charge in [-0.05, 0) is 35.0 Å². The fourth-order valence-corrected chi connectivity index (χ4v) is 2.90. The lowest BCUT2D eigenvalue weighted by molar-refractivity contribution is 0.0957. The minimum atomic E-state index is -0.222. The molecule has 0 spiro atoms. The smallest absolute Gasteiger partial charge is 0.271 e. The molecule has 0 unspecified atom stereocenters. The summed E-state index contributed by atoms with van der Waals surface area (Å²) < 4.78 is 2.01. The minimum absolute atomic E-state index is 0.222. The van der Waals surface area contributed by atoms with Crippen LogP contribution >= 0.6 is 0 Å². The summed E-state index contributed by atoms with van der Waals surface area (Å²) in [4.78, 5) is 12.4. The van der Waals surface area contributed by atoms with Crippen molar-refractivity contribution in [3.63, 3.8) is 0 Å². The van der Waals surface area contributed by atoms with Gasteiger partial charge >= 0.3 is 0 Å². The predicted molar refractivity (Wildman–Crippen MR) is 105 cm³/mol. The lowest BCUT2D eigenvalue weighted by atomic mass is 10.0. The highest BCUT2D eigenvalue weighted by molar-refractivity contribution is 6.07. The Labute approximate surface area is 151 Å². The van der Waals surface area contributed by atoms with Crippen molar-refractivity contribution >= 4 is 22.9 Å². The van der Waals surface area contributed by atoms with E-state index in [1.165, 1.54) is 0 Å². The molecule has 4 nitrogen and oxygen atoms in total. The molecule has 26 heavy (non-hydrogen) atoms. The van der Waals surface area contributed by atoms with E-state index >= 15 is 0 Å². The average Bonchev–Trinajstić information content (AvgIpc) is 3.17. The van der Waals surface area contributed by atoms with E-state index in [0.717, 1.165) is 22.0 Å². The minimum Gasteiger partial charge on any atom is -0.323 e. The fourth-order valence-electron chi connectivity index (χ4n) is 2.90. The standard InChI is InChI=1S/C22H17N3O/c26-22(21-12-6-8-18-7-4-5-11-20(18)21)24-23-15-17-13-14-25(16-17)19-9-2-1-3-10-19/h1-16H,(H,24,26)/b23-15-. The van der Waals surface area contributed by atoms with Crippen LogP contribution in [0, 0.1) is 0 Å². The molecule has 4 aromatic rings. The van der Waals surface area contributed by atoms with Gasteiger partial charge in [-0.1, -0.05) is 54.6 Å². The molecule has 1 heterocycles. The Bertz CT molecular complexity index is 1080. The first-order valence-electron chi connectivity index (χ1n) is 8.36. The van der Waals surface area contributed by atoms with Crippen LogP contribution in [0.1, 0.15) is 15.9 Å². The largest absolute Gasteiger partial charge is 0.323 e. The second-order valence-electron chi connectivity index (χ2n) is 5.91. The summed E-state index contributed by atoms with van der Waals surface area (Å²) in [6.07, 6.45) is 5.56. The Balaban J connectivity index is 1.48. The summed E-state index contributed by atoms with van der Waals surface area (Å²) in [5.41, 5.74) is 5.21. The van der Waals surface area contributed by atoms with Crippen molar-refractivity contribution in [2.24, 2.45) is 5.10 Å². The summed E-state index contributed by atoms with van der Waals surface area (Å²) in [6, 6.07) is 25.5. The van der Waals surface area contributed by atoms with E-state index in [4.69, 9.17) is 0 Å². The first-order valence-corrected chi connectivity index (χ1v) is 8.36. The van der Waals surface area contributed by atoms with Crippen molar-refractivity contribution in [1.82, 2.24) is 9.99 Å². The maximum absolute atomic E-state index is 12.4. The van der Waals surface area contributed by atoms with Crippen LogP contribution in [0.25, 0.3) is 16.5 Å². The lowest BCUT2D eigenvalue weighted by Crippen LogP contribution is -2.17. The number of nitrogens with zero attached hydrogens (tertiary/aromatic N) is 2. The molecular weight excluding hydrogens is 322 g/mol.